The van der Waals surface area contributed by atoms with Crippen LogP contribution in [0, 0.1) is 6.92 Å². The maximum atomic E-state index is 12.2. The van der Waals surface area contributed by atoms with Crippen LogP contribution in [0.1, 0.15) is 47.9 Å². The van der Waals surface area contributed by atoms with Crippen LogP contribution in [0.3, 0.4) is 0 Å². The molecule has 0 heterocycles. The molecule has 6 nitrogen and oxygen atoms in total. The minimum Gasteiger partial charge on any atom is -0.503 e. The van der Waals surface area contributed by atoms with Crippen LogP contribution >= 0.6 is 0 Å². The van der Waals surface area contributed by atoms with Crippen molar-refractivity contribution in [2.24, 2.45) is 5.16 Å². The van der Waals surface area contributed by atoms with Gasteiger partial charge in [0.2, 0.25) is 0 Å². The van der Waals surface area contributed by atoms with Crippen molar-refractivity contribution in [2.45, 2.75) is 45.3 Å². The first-order valence-corrected chi connectivity index (χ1v) is 10.4. The predicted molar refractivity (Wildman–Crippen MR) is 120 cm³/mol. The molecule has 0 bridgehead atoms. The van der Waals surface area contributed by atoms with Crippen molar-refractivity contribution in [3.05, 3.63) is 71.0 Å². The van der Waals surface area contributed by atoms with E-state index in [0.717, 1.165) is 35.3 Å². The van der Waals surface area contributed by atoms with Crippen molar-refractivity contribution in [1.82, 2.24) is 0 Å². The van der Waals surface area contributed by atoms with E-state index >= 15 is 0 Å². The van der Waals surface area contributed by atoms with Gasteiger partial charge < -0.3 is 19.0 Å². The summed E-state index contributed by atoms with van der Waals surface area (Å²) in [6, 6.07) is 13.4. The Bertz CT molecular complexity index is 945. The Labute approximate surface area is 183 Å². The highest BCUT2D eigenvalue weighted by molar-refractivity contribution is 6.16. The van der Waals surface area contributed by atoms with Gasteiger partial charge in [-0.2, -0.15) is 0 Å². The number of esters is 1. The number of rotatable bonds is 9. The Morgan fingerprint density at radius 2 is 1.90 bits per heavy atom. The van der Waals surface area contributed by atoms with Crippen LogP contribution in [0.4, 0.5) is 0 Å². The first-order chi connectivity index (χ1) is 15.1. The number of ether oxygens (including phenoxy) is 3. The fraction of sp³-hybridized carbons (Fsp3) is 0.360. The van der Waals surface area contributed by atoms with E-state index in [-0.39, 0.29) is 6.10 Å². The van der Waals surface area contributed by atoms with Gasteiger partial charge in [0, 0.05) is 0 Å². The third-order valence-electron chi connectivity index (χ3n) is 5.24. The zero-order valence-corrected chi connectivity index (χ0v) is 18.3. The lowest BCUT2D eigenvalue weighted by Gasteiger charge is -2.14. The Kier molecular flexibility index (Phi) is 8.10. The molecule has 164 valence electrons. The summed E-state index contributed by atoms with van der Waals surface area (Å²) in [7, 11) is 2.84. The molecule has 0 unspecified atom stereocenters. The van der Waals surface area contributed by atoms with Crippen LogP contribution in [0.15, 0.2) is 53.9 Å². The van der Waals surface area contributed by atoms with Crippen LogP contribution in [0.25, 0.3) is 5.57 Å². The third kappa shape index (κ3) is 6.10. The van der Waals surface area contributed by atoms with Crippen molar-refractivity contribution in [1.29, 1.82) is 0 Å². The molecule has 0 spiro atoms. The maximum absolute atomic E-state index is 12.2. The molecule has 1 fully saturated rings. The molecule has 0 amide bonds. The van der Waals surface area contributed by atoms with E-state index < -0.39 is 5.97 Å². The standard InChI is InChI=1S/C25H29NO5/c1-18-14-19(15-26-31-21-9-5-6-10-21)12-13-24(18)30-16-20-8-4-7-11-22(20)23(17-28-2)25(27)29-3/h4,7-8,11-15,17,21H,5-6,9-10,16H2,1-3H3/b23-17+,26-15+. The second-order valence-corrected chi connectivity index (χ2v) is 7.48. The van der Waals surface area contributed by atoms with Gasteiger partial charge in [0.15, 0.2) is 0 Å². The van der Waals surface area contributed by atoms with Gasteiger partial charge >= 0.3 is 5.97 Å². The summed E-state index contributed by atoms with van der Waals surface area (Å²) in [5, 5.41) is 4.13. The summed E-state index contributed by atoms with van der Waals surface area (Å²) in [6.07, 6.45) is 7.99. The highest BCUT2D eigenvalue weighted by Gasteiger charge is 2.17. The quantitative estimate of drug-likeness (QED) is 0.186. The van der Waals surface area contributed by atoms with Gasteiger partial charge in [-0.1, -0.05) is 29.4 Å². The van der Waals surface area contributed by atoms with Crippen molar-refractivity contribution in [3.8, 4) is 5.75 Å². The van der Waals surface area contributed by atoms with Crippen LogP contribution in [0.5, 0.6) is 5.75 Å². The molecule has 2 aromatic rings. The third-order valence-corrected chi connectivity index (χ3v) is 5.24. The van der Waals surface area contributed by atoms with Gasteiger partial charge in [-0.15, -0.1) is 0 Å². The molecule has 2 aromatic carbocycles. The molecular formula is C25H29NO5. The summed E-state index contributed by atoms with van der Waals surface area (Å²) in [5.41, 5.74) is 3.85. The lowest BCUT2D eigenvalue weighted by molar-refractivity contribution is -0.133. The number of aryl methyl sites for hydroxylation is 1. The van der Waals surface area contributed by atoms with Crippen LogP contribution < -0.4 is 4.74 Å². The van der Waals surface area contributed by atoms with Crippen LogP contribution in [-0.2, 0) is 25.7 Å². The summed E-state index contributed by atoms with van der Waals surface area (Å²) in [4.78, 5) is 17.7. The lowest BCUT2D eigenvalue weighted by atomic mass is 10.0. The zero-order chi connectivity index (χ0) is 22.1. The molecule has 6 heteroatoms. The molecular weight excluding hydrogens is 394 g/mol. The number of benzene rings is 2. The van der Waals surface area contributed by atoms with E-state index in [1.807, 2.05) is 49.4 Å². The lowest BCUT2D eigenvalue weighted by Crippen LogP contribution is -2.08. The van der Waals surface area contributed by atoms with E-state index in [4.69, 9.17) is 19.0 Å². The van der Waals surface area contributed by atoms with E-state index in [9.17, 15) is 4.79 Å². The Morgan fingerprint density at radius 3 is 2.61 bits per heavy atom. The number of oxime groups is 1. The van der Waals surface area contributed by atoms with Crippen LogP contribution in [-0.4, -0.2) is 32.5 Å². The Balaban J connectivity index is 1.68. The normalized spacial score (nSPS) is 14.6. The molecule has 0 atom stereocenters. The maximum Gasteiger partial charge on any atom is 0.341 e. The average Bonchev–Trinajstić information content (AvgIpc) is 3.30. The summed E-state index contributed by atoms with van der Waals surface area (Å²) < 4.78 is 16.0. The number of carbonyl (C=O) groups excluding carboxylic acids is 1. The fourth-order valence-electron chi connectivity index (χ4n) is 3.60. The SMILES string of the molecule is CO/C=C(/C(=O)OC)c1ccccc1COc1ccc(/C=N/OC2CCCC2)cc1C. The molecule has 0 saturated heterocycles. The number of methoxy groups -OCH3 is 2. The molecule has 1 saturated carbocycles. The first-order valence-electron chi connectivity index (χ1n) is 10.4. The van der Waals surface area contributed by atoms with Crippen LogP contribution in [0.2, 0.25) is 0 Å². The topological polar surface area (TPSA) is 66.4 Å². The Hall–Kier alpha value is -3.28. The van der Waals surface area contributed by atoms with Gasteiger partial charge in [0.1, 0.15) is 24.0 Å². The molecule has 1 aliphatic carbocycles. The second kappa shape index (κ2) is 11.2. The number of hydrogen-bond donors (Lipinski definition) is 0. The largest absolute Gasteiger partial charge is 0.503 e. The summed E-state index contributed by atoms with van der Waals surface area (Å²) in [6.45, 7) is 2.29. The number of hydrogen-bond acceptors (Lipinski definition) is 6. The summed E-state index contributed by atoms with van der Waals surface area (Å²) in [5.74, 6) is 0.299. The minimum absolute atomic E-state index is 0.252. The molecule has 0 aromatic heterocycles. The van der Waals surface area contributed by atoms with E-state index in [0.29, 0.717) is 17.7 Å². The number of nitrogens with zero attached hydrogens (tertiary/aromatic N) is 1. The van der Waals surface area contributed by atoms with E-state index in [1.165, 1.54) is 33.3 Å². The van der Waals surface area contributed by atoms with E-state index in [1.54, 1.807) is 6.21 Å². The van der Waals surface area contributed by atoms with Gasteiger partial charge in [-0.25, -0.2) is 4.79 Å². The van der Waals surface area contributed by atoms with Gasteiger partial charge in [0.05, 0.1) is 26.7 Å². The minimum atomic E-state index is -0.464. The van der Waals surface area contributed by atoms with Gasteiger partial charge in [-0.3, -0.25) is 0 Å². The fourth-order valence-corrected chi connectivity index (χ4v) is 3.60. The van der Waals surface area contributed by atoms with Crippen molar-refractivity contribution in [3.63, 3.8) is 0 Å². The van der Waals surface area contributed by atoms with Crippen molar-refractivity contribution >= 4 is 17.8 Å². The zero-order valence-electron chi connectivity index (χ0n) is 18.3. The number of carbonyl (C=O) groups is 1. The van der Waals surface area contributed by atoms with E-state index in [2.05, 4.69) is 5.16 Å². The van der Waals surface area contributed by atoms with Gasteiger partial charge in [-0.05, 0) is 73.1 Å². The smallest absolute Gasteiger partial charge is 0.341 e. The molecule has 3 rings (SSSR count). The molecule has 0 aliphatic heterocycles. The predicted octanol–water partition coefficient (Wildman–Crippen LogP) is 5.03. The highest BCUT2D eigenvalue weighted by atomic mass is 16.6. The van der Waals surface area contributed by atoms with Crippen molar-refractivity contribution in [2.75, 3.05) is 14.2 Å². The monoisotopic (exact) mass is 423 g/mol. The second-order valence-electron chi connectivity index (χ2n) is 7.48. The Morgan fingerprint density at radius 1 is 1.13 bits per heavy atom. The average molecular weight is 424 g/mol. The molecule has 0 N–H and O–H groups in total. The van der Waals surface area contributed by atoms with Crippen molar-refractivity contribution < 1.29 is 23.8 Å². The van der Waals surface area contributed by atoms with Gasteiger partial charge in [0.25, 0.3) is 0 Å². The molecule has 1 aliphatic rings. The first kappa shape index (κ1) is 22.4. The summed E-state index contributed by atoms with van der Waals surface area (Å²) >= 11 is 0. The molecule has 31 heavy (non-hydrogen) atoms. The molecule has 0 radical (unpaired) electrons. The highest BCUT2D eigenvalue weighted by Crippen LogP contribution is 2.25.